The minimum atomic E-state index is -1.25. The van der Waals surface area contributed by atoms with Gasteiger partial charge in [-0.05, 0) is 0 Å². The van der Waals surface area contributed by atoms with Gasteiger partial charge in [0.15, 0.2) is 0 Å². The molecular weight excluding hydrogens is 147 g/mol. The summed E-state index contributed by atoms with van der Waals surface area (Å²) in [6, 6.07) is 0. The molecular formula is C3H7ClN2O3. The van der Waals surface area contributed by atoms with Crippen LogP contribution in [-0.4, -0.2) is 23.7 Å². The van der Waals surface area contributed by atoms with E-state index in [9.17, 15) is 9.59 Å². The van der Waals surface area contributed by atoms with E-state index >= 15 is 0 Å². The van der Waals surface area contributed by atoms with Crippen molar-refractivity contribution < 1.29 is 14.7 Å². The third-order valence-corrected chi connectivity index (χ3v) is 0.414. The Morgan fingerprint density at radius 1 is 1.56 bits per heavy atom. The van der Waals surface area contributed by atoms with Gasteiger partial charge in [0.2, 0.25) is 5.91 Å². The summed E-state index contributed by atoms with van der Waals surface area (Å²) in [5.41, 5.74) is 4.58. The van der Waals surface area contributed by atoms with E-state index in [0.717, 1.165) is 0 Å². The summed E-state index contributed by atoms with van der Waals surface area (Å²) in [6.45, 7) is -0.324. The maximum Gasteiger partial charge on any atom is 0.405 e. The summed E-state index contributed by atoms with van der Waals surface area (Å²) in [6.07, 6.45) is -1.25. The van der Waals surface area contributed by atoms with E-state index in [1.54, 1.807) is 5.32 Å². The van der Waals surface area contributed by atoms with Crippen molar-refractivity contribution in [2.24, 2.45) is 5.73 Å². The molecule has 0 aliphatic carbocycles. The van der Waals surface area contributed by atoms with Crippen LogP contribution >= 0.6 is 12.4 Å². The smallest absolute Gasteiger partial charge is 0.405 e. The number of rotatable bonds is 2. The Morgan fingerprint density at radius 3 is 2.11 bits per heavy atom. The predicted octanol–water partition coefficient (Wildman–Crippen LogP) is -0.839. The molecule has 0 atom stereocenters. The zero-order valence-electron chi connectivity index (χ0n) is 4.46. The van der Waals surface area contributed by atoms with Gasteiger partial charge in [0, 0.05) is 0 Å². The third-order valence-electron chi connectivity index (χ3n) is 0.414. The van der Waals surface area contributed by atoms with Crippen LogP contribution in [0.2, 0.25) is 0 Å². The molecule has 0 fully saturated rings. The topological polar surface area (TPSA) is 92.4 Å². The summed E-state index contributed by atoms with van der Waals surface area (Å²) >= 11 is 0. The lowest BCUT2D eigenvalue weighted by Crippen LogP contribution is -2.31. The summed E-state index contributed by atoms with van der Waals surface area (Å²) in [5.74, 6) is -0.688. The molecule has 0 unspecified atom stereocenters. The summed E-state index contributed by atoms with van der Waals surface area (Å²) in [4.78, 5) is 19.4. The molecule has 0 aromatic heterocycles. The van der Waals surface area contributed by atoms with Crippen molar-refractivity contribution in [2.75, 3.05) is 6.54 Å². The van der Waals surface area contributed by atoms with Crippen molar-refractivity contribution in [3.63, 3.8) is 0 Å². The molecule has 0 radical (unpaired) electrons. The van der Waals surface area contributed by atoms with Crippen LogP contribution in [0.1, 0.15) is 0 Å². The molecule has 0 aromatic rings. The molecule has 4 N–H and O–H groups in total. The molecule has 54 valence electrons. The minimum absolute atomic E-state index is 0. The average Bonchev–Trinajstić information content (AvgIpc) is 1.61. The Balaban J connectivity index is 0. The van der Waals surface area contributed by atoms with Crippen LogP contribution in [0.5, 0.6) is 0 Å². The van der Waals surface area contributed by atoms with E-state index in [4.69, 9.17) is 5.11 Å². The summed E-state index contributed by atoms with van der Waals surface area (Å²) in [7, 11) is 0. The van der Waals surface area contributed by atoms with E-state index < -0.39 is 12.0 Å². The number of carbonyl (C=O) groups excluding carboxylic acids is 1. The number of hydrogen-bond acceptors (Lipinski definition) is 2. The van der Waals surface area contributed by atoms with E-state index in [0.29, 0.717) is 0 Å². The highest BCUT2D eigenvalue weighted by atomic mass is 35.5. The molecule has 0 rings (SSSR count). The molecule has 5 nitrogen and oxygen atoms in total. The highest BCUT2D eigenvalue weighted by Crippen LogP contribution is 1.57. The fourth-order valence-electron chi connectivity index (χ4n) is 0.163. The van der Waals surface area contributed by atoms with Gasteiger partial charge >= 0.3 is 6.09 Å². The quantitative estimate of drug-likeness (QED) is 0.484. The second-order valence-corrected chi connectivity index (χ2v) is 1.13. The number of carboxylic acid groups (broad SMARTS) is 1. The first-order chi connectivity index (χ1) is 3.63. The van der Waals surface area contributed by atoms with Crippen molar-refractivity contribution in [3.05, 3.63) is 0 Å². The molecule has 9 heavy (non-hydrogen) atoms. The molecule has 0 saturated carbocycles. The lowest BCUT2D eigenvalue weighted by Gasteiger charge is -1.91. The molecule has 0 spiro atoms. The standard InChI is InChI=1S/C3H6N2O3.ClH/c4-2(6)1-5-3(7)8;/h5H,1H2,(H2,4,6)(H,7,8);1H. The van der Waals surface area contributed by atoms with E-state index in [2.05, 4.69) is 5.73 Å². The normalized spacial score (nSPS) is 7.11. The largest absolute Gasteiger partial charge is 0.465 e. The van der Waals surface area contributed by atoms with E-state index in [1.165, 1.54) is 0 Å². The molecule has 0 aliphatic rings. The lowest BCUT2D eigenvalue weighted by atomic mass is 10.6. The third kappa shape index (κ3) is 11.0. The van der Waals surface area contributed by atoms with Gasteiger partial charge in [-0.1, -0.05) is 0 Å². The molecule has 0 aliphatic heterocycles. The maximum atomic E-state index is 9.80. The van der Waals surface area contributed by atoms with Crippen LogP contribution in [0.4, 0.5) is 4.79 Å². The van der Waals surface area contributed by atoms with Crippen molar-refractivity contribution in [1.82, 2.24) is 5.32 Å². The van der Waals surface area contributed by atoms with Gasteiger partial charge < -0.3 is 16.2 Å². The SMILES string of the molecule is Cl.NC(=O)CNC(=O)O. The van der Waals surface area contributed by atoms with Gasteiger partial charge in [-0.15, -0.1) is 12.4 Å². The van der Waals surface area contributed by atoms with Crippen LogP contribution in [0.15, 0.2) is 0 Å². The summed E-state index contributed by atoms with van der Waals surface area (Å²) in [5, 5.41) is 9.63. The molecule has 2 amide bonds. The Kier molecular flexibility index (Phi) is 6.27. The first-order valence-electron chi connectivity index (χ1n) is 1.88. The number of nitrogens with two attached hydrogens (primary N) is 1. The zero-order chi connectivity index (χ0) is 6.57. The number of nitrogens with one attached hydrogen (secondary N) is 1. The Hall–Kier alpha value is -0.970. The first-order valence-corrected chi connectivity index (χ1v) is 1.88. The van der Waals surface area contributed by atoms with E-state index in [-0.39, 0.29) is 19.0 Å². The number of primary amides is 1. The monoisotopic (exact) mass is 154 g/mol. The van der Waals surface area contributed by atoms with Gasteiger partial charge in [-0.2, -0.15) is 0 Å². The van der Waals surface area contributed by atoms with Crippen molar-refractivity contribution >= 4 is 24.4 Å². The number of carbonyl (C=O) groups is 2. The maximum absolute atomic E-state index is 9.80. The Morgan fingerprint density at radius 2 is 2.00 bits per heavy atom. The molecule has 0 heterocycles. The van der Waals surface area contributed by atoms with Crippen LogP contribution < -0.4 is 11.1 Å². The Labute approximate surface area is 57.6 Å². The van der Waals surface area contributed by atoms with Crippen molar-refractivity contribution in [1.29, 1.82) is 0 Å². The molecule has 6 heteroatoms. The first kappa shape index (κ1) is 10.9. The fourth-order valence-corrected chi connectivity index (χ4v) is 0.163. The molecule has 0 aromatic carbocycles. The van der Waals surface area contributed by atoms with Gasteiger partial charge in [-0.25, -0.2) is 4.79 Å². The highest BCUT2D eigenvalue weighted by Gasteiger charge is 1.94. The van der Waals surface area contributed by atoms with Gasteiger partial charge in [0.25, 0.3) is 0 Å². The van der Waals surface area contributed by atoms with Crippen LogP contribution in [0.3, 0.4) is 0 Å². The van der Waals surface area contributed by atoms with E-state index in [1.807, 2.05) is 0 Å². The average molecular weight is 155 g/mol. The van der Waals surface area contributed by atoms with Gasteiger partial charge in [0.05, 0.1) is 6.54 Å². The van der Waals surface area contributed by atoms with Crippen molar-refractivity contribution in [2.45, 2.75) is 0 Å². The Bertz CT molecular complexity index is 102. The van der Waals surface area contributed by atoms with Gasteiger partial charge in [0.1, 0.15) is 0 Å². The fraction of sp³-hybridized carbons (Fsp3) is 0.333. The number of hydrogen-bond donors (Lipinski definition) is 3. The second-order valence-electron chi connectivity index (χ2n) is 1.13. The van der Waals surface area contributed by atoms with Crippen LogP contribution in [0.25, 0.3) is 0 Å². The van der Waals surface area contributed by atoms with Gasteiger partial charge in [-0.3, -0.25) is 4.79 Å². The minimum Gasteiger partial charge on any atom is -0.465 e. The zero-order valence-corrected chi connectivity index (χ0v) is 5.27. The number of amides is 2. The van der Waals surface area contributed by atoms with Crippen LogP contribution in [-0.2, 0) is 4.79 Å². The van der Waals surface area contributed by atoms with Crippen LogP contribution in [0, 0.1) is 0 Å². The summed E-state index contributed by atoms with van der Waals surface area (Å²) < 4.78 is 0. The predicted molar refractivity (Wildman–Crippen MR) is 32.5 cm³/mol. The number of halogens is 1. The molecule has 0 saturated heterocycles. The lowest BCUT2D eigenvalue weighted by molar-refractivity contribution is -0.117. The molecule has 0 bridgehead atoms. The van der Waals surface area contributed by atoms with Crippen molar-refractivity contribution in [3.8, 4) is 0 Å². The second kappa shape index (κ2) is 5.17. The highest BCUT2D eigenvalue weighted by molar-refractivity contribution is 5.85.